The molecular weight excluding hydrogens is 745 g/mol. The zero-order valence-corrected chi connectivity index (χ0v) is 39.4. The average molecular weight is 837 g/mol. The molecule has 1 aromatic carbocycles. The molecule has 1 heterocycles. The predicted octanol–water partition coefficient (Wildman–Crippen LogP) is 15.0. The summed E-state index contributed by atoms with van der Waals surface area (Å²) in [5.41, 5.74) is 1.05. The SMILES string of the molecule is C=C(CCCCCCCN(CCCCCCCC(=O)OC(CCCCCCCC)CCCCCCCC)CCN1C(=O)c2ccccc2C1=O)OCCCCCCCCC. The van der Waals surface area contributed by atoms with Crippen LogP contribution in [0.25, 0.3) is 0 Å². The third kappa shape index (κ3) is 26.0. The number of benzene rings is 1. The number of rotatable bonds is 43. The number of hydrogen-bond donors (Lipinski definition) is 0. The first-order chi connectivity index (χ1) is 29.4. The van der Waals surface area contributed by atoms with E-state index in [0.29, 0.717) is 30.6 Å². The summed E-state index contributed by atoms with van der Waals surface area (Å²) in [5, 5.41) is 0. The normalized spacial score (nSPS) is 12.6. The van der Waals surface area contributed by atoms with Gasteiger partial charge in [0.05, 0.1) is 23.5 Å². The molecular formula is C53H92N2O5. The molecule has 0 spiro atoms. The second-order valence-electron chi connectivity index (χ2n) is 17.9. The van der Waals surface area contributed by atoms with Gasteiger partial charge >= 0.3 is 5.97 Å². The van der Waals surface area contributed by atoms with Gasteiger partial charge in [0.15, 0.2) is 0 Å². The van der Waals surface area contributed by atoms with E-state index in [-0.39, 0.29) is 23.9 Å². The maximum Gasteiger partial charge on any atom is 0.306 e. The van der Waals surface area contributed by atoms with Gasteiger partial charge in [0.2, 0.25) is 0 Å². The topological polar surface area (TPSA) is 76.2 Å². The lowest BCUT2D eigenvalue weighted by Crippen LogP contribution is -2.39. The largest absolute Gasteiger partial charge is 0.499 e. The van der Waals surface area contributed by atoms with Gasteiger partial charge in [-0.15, -0.1) is 0 Å². The van der Waals surface area contributed by atoms with Crippen molar-refractivity contribution in [3.8, 4) is 0 Å². The van der Waals surface area contributed by atoms with E-state index in [9.17, 15) is 14.4 Å². The summed E-state index contributed by atoms with van der Waals surface area (Å²) >= 11 is 0. The molecule has 7 heteroatoms. The van der Waals surface area contributed by atoms with Crippen molar-refractivity contribution in [3.05, 3.63) is 47.7 Å². The van der Waals surface area contributed by atoms with E-state index in [0.717, 1.165) is 96.1 Å². The van der Waals surface area contributed by atoms with Crippen LogP contribution in [-0.2, 0) is 14.3 Å². The van der Waals surface area contributed by atoms with Gasteiger partial charge in [-0.3, -0.25) is 19.3 Å². The van der Waals surface area contributed by atoms with Crippen molar-refractivity contribution in [2.75, 3.05) is 32.8 Å². The Kier molecular flexibility index (Phi) is 32.9. The molecule has 1 aliphatic heterocycles. The average Bonchev–Trinajstić information content (AvgIpc) is 3.49. The molecule has 0 fully saturated rings. The summed E-state index contributed by atoms with van der Waals surface area (Å²) in [5.74, 6) is 0.594. The van der Waals surface area contributed by atoms with Crippen molar-refractivity contribution >= 4 is 17.8 Å². The Morgan fingerprint density at radius 2 is 0.967 bits per heavy atom. The monoisotopic (exact) mass is 837 g/mol. The van der Waals surface area contributed by atoms with Crippen LogP contribution in [0.3, 0.4) is 0 Å². The maximum absolute atomic E-state index is 13.0. The molecule has 0 bridgehead atoms. The molecule has 0 N–H and O–H groups in total. The van der Waals surface area contributed by atoms with Crippen LogP contribution >= 0.6 is 0 Å². The Morgan fingerprint density at radius 3 is 1.47 bits per heavy atom. The van der Waals surface area contributed by atoms with Crippen LogP contribution in [0.5, 0.6) is 0 Å². The van der Waals surface area contributed by atoms with Gasteiger partial charge in [-0.1, -0.05) is 181 Å². The van der Waals surface area contributed by atoms with Crippen LogP contribution in [0.1, 0.15) is 253 Å². The molecule has 60 heavy (non-hydrogen) atoms. The van der Waals surface area contributed by atoms with Gasteiger partial charge in [-0.2, -0.15) is 0 Å². The molecule has 0 aromatic heterocycles. The molecule has 344 valence electrons. The van der Waals surface area contributed by atoms with Gasteiger partial charge in [-0.25, -0.2) is 0 Å². The van der Waals surface area contributed by atoms with E-state index in [1.54, 1.807) is 12.1 Å². The number of allylic oxidation sites excluding steroid dienone is 1. The number of fused-ring (bicyclic) bond motifs is 1. The first-order valence-electron chi connectivity index (χ1n) is 25.6. The minimum absolute atomic E-state index is 0.00614. The highest BCUT2D eigenvalue weighted by atomic mass is 16.5. The number of unbranched alkanes of at least 4 members (excludes halogenated alkanes) is 24. The minimum Gasteiger partial charge on any atom is -0.499 e. The Bertz CT molecular complexity index is 1200. The van der Waals surface area contributed by atoms with Crippen LogP contribution in [0.2, 0.25) is 0 Å². The van der Waals surface area contributed by atoms with Gasteiger partial charge in [0.25, 0.3) is 11.8 Å². The van der Waals surface area contributed by atoms with Crippen LogP contribution in [0.4, 0.5) is 0 Å². The number of carbonyl (C=O) groups excluding carboxylic acids is 3. The molecule has 0 atom stereocenters. The molecule has 1 aromatic rings. The second-order valence-corrected chi connectivity index (χ2v) is 17.9. The van der Waals surface area contributed by atoms with Crippen LogP contribution < -0.4 is 0 Å². The molecule has 2 rings (SSSR count). The second kappa shape index (κ2) is 36.9. The lowest BCUT2D eigenvalue weighted by Gasteiger charge is -2.25. The molecule has 0 unspecified atom stereocenters. The Labute approximate surface area is 369 Å². The third-order valence-electron chi connectivity index (χ3n) is 12.4. The van der Waals surface area contributed by atoms with E-state index in [2.05, 4.69) is 32.3 Å². The maximum atomic E-state index is 13.0. The summed E-state index contributed by atoms with van der Waals surface area (Å²) in [4.78, 5) is 42.9. The Balaban J connectivity index is 1.69. The van der Waals surface area contributed by atoms with E-state index in [4.69, 9.17) is 9.47 Å². The fraction of sp³-hybridized carbons (Fsp3) is 0.792. The molecule has 0 saturated carbocycles. The van der Waals surface area contributed by atoms with Gasteiger partial charge in [-0.05, 0) is 83.0 Å². The number of amides is 2. The lowest BCUT2D eigenvalue weighted by atomic mass is 10.0. The van der Waals surface area contributed by atoms with Gasteiger partial charge in [0.1, 0.15) is 6.10 Å². The van der Waals surface area contributed by atoms with E-state index >= 15 is 0 Å². The number of nitrogens with zero attached hydrogens (tertiary/aromatic N) is 2. The van der Waals surface area contributed by atoms with E-state index < -0.39 is 0 Å². The molecule has 2 amide bonds. The minimum atomic E-state index is -0.168. The van der Waals surface area contributed by atoms with Crippen molar-refractivity contribution in [3.63, 3.8) is 0 Å². The summed E-state index contributed by atoms with van der Waals surface area (Å²) < 4.78 is 12.0. The standard InChI is InChI=1S/C53H92N2O5/c1-5-8-11-14-17-26-35-46-59-47(4)36-27-20-18-24-33-42-54(44-45-55-52(57)49-39-31-32-40-50(49)53(55)58)43-34-25-19-23-30-41-51(56)60-48(37-28-21-15-12-9-6-2)38-29-22-16-13-10-7-3/h31-32,39-40,48H,4-30,33-38,41-46H2,1-3H3. The predicted molar refractivity (Wildman–Crippen MR) is 253 cm³/mol. The highest BCUT2D eigenvalue weighted by Crippen LogP contribution is 2.23. The first kappa shape index (κ1) is 53.5. The highest BCUT2D eigenvalue weighted by Gasteiger charge is 2.34. The van der Waals surface area contributed by atoms with Crippen molar-refractivity contribution in [2.45, 2.75) is 239 Å². The quantitative estimate of drug-likeness (QED) is 0.0282. The molecule has 1 aliphatic rings. The van der Waals surface area contributed by atoms with Gasteiger partial charge < -0.3 is 14.4 Å². The Morgan fingerprint density at radius 1 is 0.550 bits per heavy atom. The van der Waals surface area contributed by atoms with Crippen molar-refractivity contribution in [1.29, 1.82) is 0 Å². The summed E-state index contributed by atoms with van der Waals surface area (Å²) in [6.45, 7) is 14.8. The summed E-state index contributed by atoms with van der Waals surface area (Å²) in [6, 6.07) is 7.18. The summed E-state index contributed by atoms with van der Waals surface area (Å²) in [6.07, 6.45) is 38.9. The number of hydrogen-bond acceptors (Lipinski definition) is 6. The smallest absolute Gasteiger partial charge is 0.306 e. The highest BCUT2D eigenvalue weighted by molar-refractivity contribution is 6.21. The molecule has 0 aliphatic carbocycles. The number of ether oxygens (including phenoxy) is 2. The summed E-state index contributed by atoms with van der Waals surface area (Å²) in [7, 11) is 0. The van der Waals surface area contributed by atoms with Crippen molar-refractivity contribution < 1.29 is 23.9 Å². The third-order valence-corrected chi connectivity index (χ3v) is 12.4. The van der Waals surface area contributed by atoms with Gasteiger partial charge in [0, 0.05) is 25.9 Å². The molecule has 0 saturated heterocycles. The van der Waals surface area contributed by atoms with Crippen LogP contribution in [0.15, 0.2) is 36.6 Å². The fourth-order valence-electron chi connectivity index (χ4n) is 8.50. The van der Waals surface area contributed by atoms with Crippen LogP contribution in [-0.4, -0.2) is 66.5 Å². The van der Waals surface area contributed by atoms with Crippen LogP contribution in [0, 0.1) is 0 Å². The molecule has 0 radical (unpaired) electrons. The van der Waals surface area contributed by atoms with E-state index in [1.807, 2.05) is 12.1 Å². The number of esters is 1. The zero-order chi connectivity index (χ0) is 43.3. The number of imide groups is 1. The number of carbonyl (C=O) groups is 3. The lowest BCUT2D eigenvalue weighted by molar-refractivity contribution is -0.150. The van der Waals surface area contributed by atoms with Crippen molar-refractivity contribution in [2.24, 2.45) is 0 Å². The van der Waals surface area contributed by atoms with Crippen molar-refractivity contribution in [1.82, 2.24) is 9.80 Å². The Hall–Kier alpha value is -2.67. The molecule has 7 nitrogen and oxygen atoms in total. The fourth-order valence-corrected chi connectivity index (χ4v) is 8.50. The first-order valence-corrected chi connectivity index (χ1v) is 25.6. The zero-order valence-electron chi connectivity index (χ0n) is 39.4. The van der Waals surface area contributed by atoms with E-state index in [1.165, 1.54) is 140 Å².